The van der Waals surface area contributed by atoms with Crippen LogP contribution in [0, 0.1) is 0 Å². The molecular formula is C11H14Cl2N2OS. The quantitative estimate of drug-likeness (QED) is 0.648. The number of thioether (sulfide) groups is 1. The first-order valence-corrected chi connectivity index (χ1v) is 7.23. The molecule has 0 atom stereocenters. The van der Waals surface area contributed by atoms with E-state index in [1.807, 2.05) is 6.26 Å². The van der Waals surface area contributed by atoms with Gasteiger partial charge in [0, 0.05) is 12.1 Å². The Morgan fingerprint density at radius 1 is 1.41 bits per heavy atom. The molecule has 0 saturated carbocycles. The molecule has 17 heavy (non-hydrogen) atoms. The van der Waals surface area contributed by atoms with Crippen LogP contribution in [0.5, 0.6) is 0 Å². The number of anilines is 1. The maximum atomic E-state index is 11.7. The third kappa shape index (κ3) is 4.30. The van der Waals surface area contributed by atoms with Crippen molar-refractivity contribution < 1.29 is 4.79 Å². The van der Waals surface area contributed by atoms with Gasteiger partial charge in [0.15, 0.2) is 0 Å². The van der Waals surface area contributed by atoms with Crippen molar-refractivity contribution in [3.05, 3.63) is 27.7 Å². The van der Waals surface area contributed by atoms with E-state index in [2.05, 4.69) is 5.32 Å². The lowest BCUT2D eigenvalue weighted by Gasteiger charge is -2.07. The number of amides is 1. The number of hydrogen-bond donors (Lipinski definition) is 2. The van der Waals surface area contributed by atoms with Gasteiger partial charge in [-0.15, -0.1) is 0 Å². The van der Waals surface area contributed by atoms with E-state index in [-0.39, 0.29) is 5.91 Å². The Morgan fingerprint density at radius 3 is 2.53 bits per heavy atom. The Labute approximate surface area is 115 Å². The van der Waals surface area contributed by atoms with E-state index in [0.717, 1.165) is 12.2 Å². The van der Waals surface area contributed by atoms with Crippen LogP contribution in [0.1, 0.15) is 16.8 Å². The first-order valence-electron chi connectivity index (χ1n) is 5.08. The molecule has 94 valence electrons. The van der Waals surface area contributed by atoms with Gasteiger partial charge in [0.05, 0.1) is 15.7 Å². The average Bonchev–Trinajstić information content (AvgIpc) is 2.30. The van der Waals surface area contributed by atoms with E-state index < -0.39 is 0 Å². The van der Waals surface area contributed by atoms with Crippen LogP contribution in [-0.2, 0) is 0 Å². The molecule has 0 aliphatic rings. The minimum absolute atomic E-state index is 0.185. The van der Waals surface area contributed by atoms with Gasteiger partial charge in [-0.3, -0.25) is 4.79 Å². The normalized spacial score (nSPS) is 10.3. The lowest BCUT2D eigenvalue weighted by Crippen LogP contribution is -2.24. The Hall–Kier alpha value is -0.580. The zero-order valence-corrected chi connectivity index (χ0v) is 11.8. The third-order valence-electron chi connectivity index (χ3n) is 2.15. The van der Waals surface area contributed by atoms with Crippen LogP contribution < -0.4 is 11.1 Å². The summed E-state index contributed by atoms with van der Waals surface area (Å²) in [6, 6.07) is 3.04. The molecule has 1 amide bonds. The number of nitrogens with two attached hydrogens (primary N) is 1. The summed E-state index contributed by atoms with van der Waals surface area (Å²) < 4.78 is 0. The van der Waals surface area contributed by atoms with Crippen LogP contribution in [0.25, 0.3) is 0 Å². The average molecular weight is 293 g/mol. The van der Waals surface area contributed by atoms with Crippen LogP contribution in [-0.4, -0.2) is 24.5 Å². The molecule has 1 aromatic rings. The van der Waals surface area contributed by atoms with Crippen LogP contribution in [0.15, 0.2) is 12.1 Å². The fourth-order valence-corrected chi connectivity index (χ4v) is 2.16. The zero-order chi connectivity index (χ0) is 12.8. The molecule has 0 aliphatic heterocycles. The maximum absolute atomic E-state index is 11.7. The van der Waals surface area contributed by atoms with Gasteiger partial charge in [-0.05, 0) is 30.6 Å². The van der Waals surface area contributed by atoms with E-state index in [1.165, 1.54) is 12.1 Å². The predicted molar refractivity (Wildman–Crippen MR) is 76.2 cm³/mol. The minimum Gasteiger partial charge on any atom is -0.396 e. The van der Waals surface area contributed by atoms with Crippen LogP contribution in [0.4, 0.5) is 5.69 Å². The lowest BCUT2D eigenvalue weighted by atomic mass is 10.2. The Bertz CT molecular complexity index is 389. The van der Waals surface area contributed by atoms with Crippen molar-refractivity contribution in [3.63, 3.8) is 0 Å². The molecule has 6 heteroatoms. The number of nitrogen functional groups attached to an aromatic ring is 1. The number of hydrogen-bond acceptors (Lipinski definition) is 3. The van der Waals surface area contributed by atoms with Crippen molar-refractivity contribution >= 4 is 46.6 Å². The molecule has 3 N–H and O–H groups in total. The van der Waals surface area contributed by atoms with Crippen molar-refractivity contribution in [2.24, 2.45) is 0 Å². The second-order valence-corrected chi connectivity index (χ2v) is 5.26. The monoisotopic (exact) mass is 292 g/mol. The lowest BCUT2D eigenvalue weighted by molar-refractivity contribution is 0.0954. The van der Waals surface area contributed by atoms with Crippen LogP contribution >= 0.6 is 35.0 Å². The molecule has 0 bridgehead atoms. The predicted octanol–water partition coefficient (Wildman–Crippen LogP) is 3.06. The Kier molecular flexibility index (Phi) is 5.95. The first-order chi connectivity index (χ1) is 8.06. The molecule has 0 fully saturated rings. The van der Waals surface area contributed by atoms with Gasteiger partial charge < -0.3 is 11.1 Å². The molecule has 0 unspecified atom stereocenters. The molecular weight excluding hydrogens is 279 g/mol. The van der Waals surface area contributed by atoms with Gasteiger partial charge in [0.1, 0.15) is 0 Å². The highest BCUT2D eigenvalue weighted by Gasteiger charge is 2.10. The summed E-state index contributed by atoms with van der Waals surface area (Å²) >= 11 is 13.5. The maximum Gasteiger partial charge on any atom is 0.251 e. The molecule has 1 aromatic carbocycles. The first kappa shape index (κ1) is 14.5. The number of rotatable bonds is 5. The minimum atomic E-state index is -0.185. The number of halogens is 2. The summed E-state index contributed by atoms with van der Waals surface area (Å²) in [5, 5.41) is 3.39. The highest BCUT2D eigenvalue weighted by atomic mass is 35.5. The van der Waals surface area contributed by atoms with Gasteiger partial charge in [-0.1, -0.05) is 23.2 Å². The van der Waals surface area contributed by atoms with Crippen molar-refractivity contribution in [2.45, 2.75) is 6.42 Å². The van der Waals surface area contributed by atoms with E-state index >= 15 is 0 Å². The van der Waals surface area contributed by atoms with Gasteiger partial charge in [0.2, 0.25) is 0 Å². The molecule has 0 aliphatic carbocycles. The van der Waals surface area contributed by atoms with E-state index in [4.69, 9.17) is 28.9 Å². The second-order valence-electron chi connectivity index (χ2n) is 3.46. The number of carbonyl (C=O) groups is 1. The Balaban J connectivity index is 2.63. The second kappa shape index (κ2) is 6.99. The number of nitrogens with one attached hydrogen (secondary N) is 1. The molecule has 0 radical (unpaired) electrons. The standard InChI is InChI=1S/C11H14Cl2N2OS/c1-17-4-2-3-15-11(16)7-5-8(12)10(14)9(13)6-7/h5-6H,2-4,14H2,1H3,(H,15,16). The zero-order valence-electron chi connectivity index (χ0n) is 9.43. The molecule has 1 rings (SSSR count). The van der Waals surface area contributed by atoms with Crippen molar-refractivity contribution in [3.8, 4) is 0 Å². The molecule has 0 spiro atoms. The Morgan fingerprint density at radius 2 is 2.00 bits per heavy atom. The van der Waals surface area contributed by atoms with Crippen LogP contribution in [0.3, 0.4) is 0 Å². The molecule has 0 saturated heterocycles. The number of benzene rings is 1. The van der Waals surface area contributed by atoms with Crippen molar-refractivity contribution in [1.29, 1.82) is 0 Å². The van der Waals surface area contributed by atoms with Gasteiger partial charge in [0.25, 0.3) is 5.91 Å². The summed E-state index contributed by atoms with van der Waals surface area (Å²) in [4.78, 5) is 11.7. The van der Waals surface area contributed by atoms with Gasteiger partial charge >= 0.3 is 0 Å². The largest absolute Gasteiger partial charge is 0.396 e. The third-order valence-corrected chi connectivity index (χ3v) is 3.47. The smallest absolute Gasteiger partial charge is 0.251 e. The van der Waals surface area contributed by atoms with E-state index in [1.54, 1.807) is 11.8 Å². The molecule has 0 heterocycles. The van der Waals surface area contributed by atoms with Gasteiger partial charge in [-0.2, -0.15) is 11.8 Å². The molecule has 0 aromatic heterocycles. The fraction of sp³-hybridized carbons (Fsp3) is 0.364. The number of carbonyl (C=O) groups excluding carboxylic acids is 1. The van der Waals surface area contributed by atoms with E-state index in [0.29, 0.717) is 27.8 Å². The molecule has 3 nitrogen and oxygen atoms in total. The van der Waals surface area contributed by atoms with Gasteiger partial charge in [-0.25, -0.2) is 0 Å². The summed E-state index contributed by atoms with van der Waals surface area (Å²) in [7, 11) is 0. The highest BCUT2D eigenvalue weighted by molar-refractivity contribution is 7.98. The van der Waals surface area contributed by atoms with Crippen molar-refractivity contribution in [1.82, 2.24) is 5.32 Å². The highest BCUT2D eigenvalue weighted by Crippen LogP contribution is 2.28. The summed E-state index contributed by atoms with van der Waals surface area (Å²) in [6.45, 7) is 0.638. The van der Waals surface area contributed by atoms with Crippen molar-refractivity contribution in [2.75, 3.05) is 24.3 Å². The van der Waals surface area contributed by atoms with Crippen LogP contribution in [0.2, 0.25) is 10.0 Å². The summed E-state index contributed by atoms with van der Waals surface area (Å²) in [5.41, 5.74) is 6.32. The summed E-state index contributed by atoms with van der Waals surface area (Å²) in [6.07, 6.45) is 2.96. The van der Waals surface area contributed by atoms with E-state index in [9.17, 15) is 4.79 Å². The SMILES string of the molecule is CSCCCNC(=O)c1cc(Cl)c(N)c(Cl)c1. The summed E-state index contributed by atoms with van der Waals surface area (Å²) in [5.74, 6) is 0.832. The fourth-order valence-electron chi connectivity index (χ4n) is 1.24. The topological polar surface area (TPSA) is 55.1 Å².